The fourth-order valence-electron chi connectivity index (χ4n) is 0.528. The van der Waals surface area contributed by atoms with Gasteiger partial charge in [0.1, 0.15) is 0 Å². The molecule has 0 bridgehead atoms. The minimum atomic E-state index is -1.23. The smallest absolute Gasteiger partial charge is 0.550 e. The van der Waals surface area contributed by atoms with Gasteiger partial charge < -0.3 is 9.90 Å². The maximum absolute atomic E-state index is 10.0. The number of carboxylic acid groups (broad SMARTS) is 1. The van der Waals surface area contributed by atoms with Crippen molar-refractivity contribution in [3.05, 3.63) is 0 Å². The second kappa shape index (κ2) is 4.27. The summed E-state index contributed by atoms with van der Waals surface area (Å²) in [5.74, 6) is -1.23. The van der Waals surface area contributed by atoms with Crippen molar-refractivity contribution in [2.24, 2.45) is 10.3 Å². The van der Waals surface area contributed by atoms with Crippen molar-refractivity contribution in [1.29, 1.82) is 0 Å². The van der Waals surface area contributed by atoms with Crippen LogP contribution in [-0.2, 0) is 4.79 Å². The Morgan fingerprint density at radius 3 is 2.73 bits per heavy atom. The van der Waals surface area contributed by atoms with Gasteiger partial charge in [-0.05, 0) is 0 Å². The molecule has 8 heteroatoms. The number of carbonyl (C=O) groups is 1. The van der Waals surface area contributed by atoms with Crippen LogP contribution in [0.2, 0.25) is 0 Å². The van der Waals surface area contributed by atoms with E-state index in [2.05, 4.69) is 33.9 Å². The molecule has 1 unspecified atom stereocenters. The molecule has 6 nitrogen and oxygen atoms in total. The molecule has 0 aromatic rings. The molecule has 11 heavy (non-hydrogen) atoms. The molecule has 0 amide bonds. The Balaban J connectivity index is 0.000001000. The normalized spacial score (nSPS) is 27.4. The molecule has 1 heterocycles. The third-order valence-corrected chi connectivity index (χ3v) is 1.27. The quantitative estimate of drug-likeness (QED) is 0.297. The zero-order valence-corrected chi connectivity index (χ0v) is 8.76. The number of hydrazine groups is 1. The zero-order chi connectivity index (χ0) is 7.61. The maximum Gasteiger partial charge on any atom is 1.00 e. The van der Waals surface area contributed by atoms with Crippen LogP contribution in [0.5, 0.6) is 0 Å². The number of hydrogen-bond donors (Lipinski definition) is 3. The fourth-order valence-corrected chi connectivity index (χ4v) is 0.752. The Bertz CT molecular complexity index is 188. The van der Waals surface area contributed by atoms with E-state index in [9.17, 15) is 9.90 Å². The predicted octanol–water partition coefficient (Wildman–Crippen LogP) is -4.81. The van der Waals surface area contributed by atoms with Gasteiger partial charge in [0.2, 0.25) is 0 Å². The number of thiol groups is 1. The predicted molar refractivity (Wildman–Crippen MR) is 32.5 cm³/mol. The number of carboxylic acids is 1. The van der Waals surface area contributed by atoms with Gasteiger partial charge in [-0.25, -0.2) is 5.53 Å². The second-order valence-electron chi connectivity index (χ2n) is 1.80. The molecule has 0 aliphatic carbocycles. The number of nitrogens with one attached hydrogen (secondary N) is 2. The van der Waals surface area contributed by atoms with Crippen LogP contribution in [0.4, 0.5) is 0 Å². The van der Waals surface area contributed by atoms with E-state index in [0.29, 0.717) is 0 Å². The van der Waals surface area contributed by atoms with Crippen LogP contribution in [0.25, 0.3) is 0 Å². The van der Waals surface area contributed by atoms with Gasteiger partial charge in [0.05, 0.1) is 0 Å². The van der Waals surface area contributed by atoms with Gasteiger partial charge in [-0.2, -0.15) is 5.43 Å². The Morgan fingerprint density at radius 1 is 1.73 bits per heavy atom. The molecule has 1 atom stereocenters. The SMILES string of the molecule is O=C([O-])CC1(S)N=NNN1.[Na+]. The van der Waals surface area contributed by atoms with E-state index in [1.165, 1.54) is 0 Å². The maximum atomic E-state index is 10.0. The zero-order valence-electron chi connectivity index (χ0n) is 5.87. The fraction of sp³-hybridized carbons (Fsp3) is 0.667. The molecule has 1 aliphatic heterocycles. The summed E-state index contributed by atoms with van der Waals surface area (Å²) in [6.45, 7) is 0. The number of carbonyl (C=O) groups excluding carboxylic acids is 1. The van der Waals surface area contributed by atoms with E-state index < -0.39 is 11.0 Å². The minimum absolute atomic E-state index is 0. The first-order chi connectivity index (χ1) is 4.62. The minimum Gasteiger partial charge on any atom is -0.550 e. The molecular weight excluding hydrogens is 179 g/mol. The number of nitrogens with zero attached hydrogens (tertiary/aromatic N) is 2. The Kier molecular flexibility index (Phi) is 4.34. The van der Waals surface area contributed by atoms with Gasteiger partial charge in [0.15, 0.2) is 4.99 Å². The van der Waals surface area contributed by atoms with Crippen molar-refractivity contribution in [3.8, 4) is 0 Å². The molecule has 1 rings (SSSR count). The Labute approximate surface area is 90.5 Å². The van der Waals surface area contributed by atoms with Crippen molar-refractivity contribution in [3.63, 3.8) is 0 Å². The van der Waals surface area contributed by atoms with E-state index in [1.54, 1.807) is 0 Å². The third kappa shape index (κ3) is 3.39. The van der Waals surface area contributed by atoms with Crippen molar-refractivity contribution in [2.75, 3.05) is 0 Å². The molecular formula is C3H5N4NaO2S. The molecule has 1 aliphatic rings. The van der Waals surface area contributed by atoms with Gasteiger partial charge in [0.25, 0.3) is 0 Å². The Morgan fingerprint density at radius 2 is 2.36 bits per heavy atom. The summed E-state index contributed by atoms with van der Waals surface area (Å²) in [4.78, 5) is 8.88. The molecule has 2 N–H and O–H groups in total. The molecule has 0 aromatic heterocycles. The summed E-state index contributed by atoms with van der Waals surface area (Å²) in [7, 11) is 0. The van der Waals surface area contributed by atoms with Crippen LogP contribution in [0.15, 0.2) is 10.3 Å². The van der Waals surface area contributed by atoms with Crippen molar-refractivity contribution >= 4 is 18.6 Å². The van der Waals surface area contributed by atoms with Gasteiger partial charge in [-0.15, -0.1) is 17.7 Å². The van der Waals surface area contributed by atoms with E-state index in [-0.39, 0.29) is 36.0 Å². The van der Waals surface area contributed by atoms with Crippen LogP contribution in [-0.4, -0.2) is 11.0 Å². The molecule has 0 radical (unpaired) electrons. The first-order valence-electron chi connectivity index (χ1n) is 2.49. The molecule has 0 saturated heterocycles. The summed E-state index contributed by atoms with van der Waals surface area (Å²) < 4.78 is 0. The largest absolute Gasteiger partial charge is 1.00 e. The van der Waals surface area contributed by atoms with Gasteiger partial charge in [-0.1, -0.05) is 5.22 Å². The van der Waals surface area contributed by atoms with Gasteiger partial charge >= 0.3 is 29.6 Å². The molecule has 0 aromatic carbocycles. The van der Waals surface area contributed by atoms with E-state index in [0.717, 1.165) is 0 Å². The van der Waals surface area contributed by atoms with Crippen molar-refractivity contribution < 1.29 is 39.5 Å². The molecule has 0 spiro atoms. The first-order valence-corrected chi connectivity index (χ1v) is 2.93. The average molecular weight is 184 g/mol. The Hall–Kier alpha value is 0.180. The summed E-state index contributed by atoms with van der Waals surface area (Å²) in [6.07, 6.45) is -0.327. The second-order valence-corrected chi connectivity index (χ2v) is 2.54. The molecule has 0 fully saturated rings. The van der Waals surface area contributed by atoms with Crippen LogP contribution < -0.4 is 45.6 Å². The standard InChI is InChI=1S/C3H6N4O2S.Na/c8-2(9)1-3(10)4-6-7-5-3;/h10H,1H2,(H,4,7)(H,5,6)(H,8,9);/q;+1/p-1. The van der Waals surface area contributed by atoms with Crippen LogP contribution >= 0.6 is 12.6 Å². The van der Waals surface area contributed by atoms with Crippen LogP contribution in [0.1, 0.15) is 6.42 Å². The van der Waals surface area contributed by atoms with Crippen molar-refractivity contribution in [1.82, 2.24) is 11.0 Å². The summed E-state index contributed by atoms with van der Waals surface area (Å²) in [5, 5.41) is 16.8. The third-order valence-electron chi connectivity index (χ3n) is 0.912. The summed E-state index contributed by atoms with van der Waals surface area (Å²) in [6, 6.07) is 0. The van der Waals surface area contributed by atoms with E-state index >= 15 is 0 Å². The number of hydrogen-bond acceptors (Lipinski definition) is 7. The first kappa shape index (κ1) is 11.2. The summed E-state index contributed by atoms with van der Waals surface area (Å²) >= 11 is 3.87. The van der Waals surface area contributed by atoms with Gasteiger partial charge in [-0.3, -0.25) is 0 Å². The van der Waals surface area contributed by atoms with Crippen molar-refractivity contribution in [2.45, 2.75) is 11.4 Å². The number of rotatable bonds is 2. The molecule has 0 saturated carbocycles. The van der Waals surface area contributed by atoms with E-state index in [4.69, 9.17) is 0 Å². The number of aliphatic carboxylic acids is 1. The average Bonchev–Trinajstić information content (AvgIpc) is 2.12. The van der Waals surface area contributed by atoms with Crippen LogP contribution in [0, 0.1) is 0 Å². The monoisotopic (exact) mass is 184 g/mol. The summed E-state index contributed by atoms with van der Waals surface area (Å²) in [5.41, 5.74) is 4.68. The van der Waals surface area contributed by atoms with E-state index in [1.807, 2.05) is 0 Å². The molecule has 56 valence electrons. The van der Waals surface area contributed by atoms with Gasteiger partial charge in [0, 0.05) is 12.4 Å². The van der Waals surface area contributed by atoms with Crippen LogP contribution in [0.3, 0.4) is 0 Å². The topological polar surface area (TPSA) is 88.9 Å².